The molecule has 0 radical (unpaired) electrons. The Labute approximate surface area is 98.8 Å². The van der Waals surface area contributed by atoms with Gasteiger partial charge in [-0.15, -0.1) is 0 Å². The Morgan fingerprint density at radius 1 is 1.29 bits per heavy atom. The summed E-state index contributed by atoms with van der Waals surface area (Å²) in [5.74, 6) is -1.38. The van der Waals surface area contributed by atoms with E-state index in [1.54, 1.807) is 0 Å². The van der Waals surface area contributed by atoms with Gasteiger partial charge in [-0.2, -0.15) is 0 Å². The molecule has 0 bridgehead atoms. The molecule has 0 aliphatic carbocycles. The largest absolute Gasteiger partial charge is 0.504 e. The van der Waals surface area contributed by atoms with Crippen molar-refractivity contribution < 1.29 is 23.4 Å². The maximum atomic E-state index is 11.5. The third-order valence-electron chi connectivity index (χ3n) is 2.00. The van der Waals surface area contributed by atoms with Crippen molar-refractivity contribution in [2.75, 3.05) is 18.6 Å². The fourth-order valence-corrected chi connectivity index (χ4v) is 1.59. The van der Waals surface area contributed by atoms with E-state index in [1.807, 2.05) is 0 Å². The molecular formula is C10H13NO5S. The predicted octanol–water partition coefficient (Wildman–Crippen LogP) is -0.128. The summed E-state index contributed by atoms with van der Waals surface area (Å²) >= 11 is 0. The molecular weight excluding hydrogens is 246 g/mol. The zero-order valence-electron chi connectivity index (χ0n) is 9.17. The Hall–Kier alpha value is -1.76. The van der Waals surface area contributed by atoms with Crippen LogP contribution in [0, 0.1) is 0 Å². The van der Waals surface area contributed by atoms with E-state index >= 15 is 0 Å². The fourth-order valence-electron chi connectivity index (χ4n) is 1.12. The SMILES string of the molecule is CS(=O)(=O)CCNC(=O)c1ccc(O)c(O)c1. The predicted molar refractivity (Wildman–Crippen MR) is 61.8 cm³/mol. The first-order chi connectivity index (χ1) is 7.79. The monoisotopic (exact) mass is 259 g/mol. The van der Waals surface area contributed by atoms with Crippen LogP contribution >= 0.6 is 0 Å². The molecule has 7 heteroatoms. The first-order valence-corrected chi connectivity index (χ1v) is 6.83. The van der Waals surface area contributed by atoms with E-state index in [9.17, 15) is 18.3 Å². The second kappa shape index (κ2) is 5.05. The summed E-state index contributed by atoms with van der Waals surface area (Å²) in [6, 6.07) is 3.61. The normalized spacial score (nSPS) is 11.1. The van der Waals surface area contributed by atoms with Crippen LogP contribution < -0.4 is 5.32 Å². The highest BCUT2D eigenvalue weighted by molar-refractivity contribution is 7.90. The number of phenolic OH excluding ortho intramolecular Hbond substituents is 2. The number of rotatable bonds is 4. The molecule has 0 saturated carbocycles. The van der Waals surface area contributed by atoms with Gasteiger partial charge in [0, 0.05) is 18.4 Å². The van der Waals surface area contributed by atoms with Crippen molar-refractivity contribution in [1.29, 1.82) is 0 Å². The lowest BCUT2D eigenvalue weighted by Crippen LogP contribution is -2.28. The van der Waals surface area contributed by atoms with Gasteiger partial charge in [0.25, 0.3) is 5.91 Å². The number of sulfone groups is 1. The van der Waals surface area contributed by atoms with Crippen molar-refractivity contribution in [3.8, 4) is 11.5 Å². The number of hydrogen-bond acceptors (Lipinski definition) is 5. The quantitative estimate of drug-likeness (QED) is 0.654. The average Bonchev–Trinajstić information content (AvgIpc) is 2.20. The number of amides is 1. The van der Waals surface area contributed by atoms with E-state index in [4.69, 9.17) is 5.11 Å². The van der Waals surface area contributed by atoms with Crippen LogP contribution in [0.5, 0.6) is 11.5 Å². The van der Waals surface area contributed by atoms with Crippen molar-refractivity contribution in [3.05, 3.63) is 23.8 Å². The molecule has 0 aromatic heterocycles. The van der Waals surface area contributed by atoms with Crippen LogP contribution in [0.15, 0.2) is 18.2 Å². The highest BCUT2D eigenvalue weighted by atomic mass is 32.2. The molecule has 0 heterocycles. The maximum Gasteiger partial charge on any atom is 0.251 e. The number of carbonyl (C=O) groups excluding carboxylic acids is 1. The van der Waals surface area contributed by atoms with Gasteiger partial charge in [-0.05, 0) is 18.2 Å². The smallest absolute Gasteiger partial charge is 0.251 e. The lowest BCUT2D eigenvalue weighted by atomic mass is 10.2. The van der Waals surface area contributed by atoms with Gasteiger partial charge < -0.3 is 15.5 Å². The molecule has 0 unspecified atom stereocenters. The summed E-state index contributed by atoms with van der Waals surface area (Å²) in [6.07, 6.45) is 1.07. The van der Waals surface area contributed by atoms with Gasteiger partial charge in [-0.25, -0.2) is 8.42 Å². The Balaban J connectivity index is 2.61. The zero-order chi connectivity index (χ0) is 13.1. The molecule has 0 aliphatic rings. The molecule has 1 rings (SSSR count). The molecule has 0 spiro atoms. The lowest BCUT2D eigenvalue weighted by molar-refractivity contribution is 0.0955. The van der Waals surface area contributed by atoms with E-state index in [1.165, 1.54) is 12.1 Å². The summed E-state index contributed by atoms with van der Waals surface area (Å²) in [5, 5.41) is 20.6. The number of nitrogens with one attached hydrogen (secondary N) is 1. The summed E-state index contributed by atoms with van der Waals surface area (Å²) in [4.78, 5) is 11.5. The van der Waals surface area contributed by atoms with Crippen LogP contribution in [0.1, 0.15) is 10.4 Å². The molecule has 94 valence electrons. The van der Waals surface area contributed by atoms with Gasteiger partial charge in [0.2, 0.25) is 0 Å². The second-order valence-electron chi connectivity index (χ2n) is 3.59. The van der Waals surface area contributed by atoms with Crippen molar-refractivity contribution in [2.24, 2.45) is 0 Å². The third kappa shape index (κ3) is 4.31. The van der Waals surface area contributed by atoms with Crippen molar-refractivity contribution in [2.45, 2.75) is 0 Å². The van der Waals surface area contributed by atoms with Crippen LogP contribution in [0.3, 0.4) is 0 Å². The van der Waals surface area contributed by atoms with E-state index in [-0.39, 0.29) is 23.6 Å². The maximum absolute atomic E-state index is 11.5. The molecule has 0 fully saturated rings. The fraction of sp³-hybridized carbons (Fsp3) is 0.300. The number of carbonyl (C=O) groups is 1. The standard InChI is InChI=1S/C10H13NO5S/c1-17(15,16)5-4-11-10(14)7-2-3-8(12)9(13)6-7/h2-3,6,12-13H,4-5H2,1H3,(H,11,14). The molecule has 3 N–H and O–H groups in total. The Morgan fingerprint density at radius 2 is 1.94 bits per heavy atom. The summed E-state index contributed by atoms with van der Waals surface area (Å²) in [6.45, 7) is -0.000689. The first-order valence-electron chi connectivity index (χ1n) is 4.77. The van der Waals surface area contributed by atoms with Crippen LogP contribution in [0.2, 0.25) is 0 Å². The average molecular weight is 259 g/mol. The Bertz CT molecular complexity index is 523. The van der Waals surface area contributed by atoms with Crippen LogP contribution in [0.4, 0.5) is 0 Å². The topological polar surface area (TPSA) is 104 Å². The molecule has 1 aromatic rings. The minimum atomic E-state index is -3.12. The lowest BCUT2D eigenvalue weighted by Gasteiger charge is -2.05. The minimum absolute atomic E-state index is 0.000689. The molecule has 0 saturated heterocycles. The van der Waals surface area contributed by atoms with Gasteiger partial charge in [-0.1, -0.05) is 0 Å². The van der Waals surface area contributed by atoms with Crippen LogP contribution in [-0.2, 0) is 9.84 Å². The van der Waals surface area contributed by atoms with E-state index < -0.39 is 21.5 Å². The van der Waals surface area contributed by atoms with Gasteiger partial charge in [-0.3, -0.25) is 4.79 Å². The van der Waals surface area contributed by atoms with E-state index in [0.29, 0.717) is 0 Å². The highest BCUT2D eigenvalue weighted by Gasteiger charge is 2.09. The van der Waals surface area contributed by atoms with Gasteiger partial charge >= 0.3 is 0 Å². The van der Waals surface area contributed by atoms with E-state index in [0.717, 1.165) is 12.3 Å². The molecule has 6 nitrogen and oxygen atoms in total. The molecule has 1 aromatic carbocycles. The number of hydrogen-bond donors (Lipinski definition) is 3. The first kappa shape index (κ1) is 13.3. The number of aromatic hydroxyl groups is 2. The molecule has 1 amide bonds. The Kier molecular flexibility index (Phi) is 3.95. The third-order valence-corrected chi connectivity index (χ3v) is 2.94. The van der Waals surface area contributed by atoms with Crippen LogP contribution in [0.25, 0.3) is 0 Å². The van der Waals surface area contributed by atoms with Gasteiger partial charge in [0.1, 0.15) is 9.84 Å². The van der Waals surface area contributed by atoms with Gasteiger partial charge in [0.15, 0.2) is 11.5 Å². The molecule has 0 atom stereocenters. The van der Waals surface area contributed by atoms with Crippen molar-refractivity contribution in [1.82, 2.24) is 5.32 Å². The number of benzene rings is 1. The minimum Gasteiger partial charge on any atom is -0.504 e. The van der Waals surface area contributed by atoms with Crippen molar-refractivity contribution >= 4 is 15.7 Å². The molecule has 17 heavy (non-hydrogen) atoms. The Morgan fingerprint density at radius 3 is 2.47 bits per heavy atom. The number of phenols is 2. The van der Waals surface area contributed by atoms with Crippen LogP contribution in [-0.4, -0.2) is 43.1 Å². The zero-order valence-corrected chi connectivity index (χ0v) is 9.99. The van der Waals surface area contributed by atoms with Gasteiger partial charge in [0.05, 0.1) is 5.75 Å². The second-order valence-corrected chi connectivity index (χ2v) is 5.85. The summed E-state index contributed by atoms with van der Waals surface area (Å²) in [5.41, 5.74) is 0.147. The summed E-state index contributed by atoms with van der Waals surface area (Å²) in [7, 11) is -3.12. The molecule has 0 aliphatic heterocycles. The van der Waals surface area contributed by atoms with Crippen molar-refractivity contribution in [3.63, 3.8) is 0 Å². The summed E-state index contributed by atoms with van der Waals surface area (Å²) < 4.78 is 21.6. The van der Waals surface area contributed by atoms with E-state index in [2.05, 4.69) is 5.32 Å². The highest BCUT2D eigenvalue weighted by Crippen LogP contribution is 2.24.